The van der Waals surface area contributed by atoms with Crippen LogP contribution in [0.2, 0.25) is 5.02 Å². The maximum atomic E-state index is 12.2. The molecule has 1 N–H and O–H groups in total. The van der Waals surface area contributed by atoms with Crippen molar-refractivity contribution in [1.29, 1.82) is 0 Å². The van der Waals surface area contributed by atoms with E-state index in [1.54, 1.807) is 26.1 Å². The predicted molar refractivity (Wildman–Crippen MR) is 82.6 cm³/mol. The third-order valence-corrected chi connectivity index (χ3v) is 3.49. The zero-order valence-corrected chi connectivity index (χ0v) is 13.2. The highest BCUT2D eigenvalue weighted by Crippen LogP contribution is 2.26. The molecule has 1 amide bonds. The smallest absolute Gasteiger partial charge is 0.328 e. The Morgan fingerprint density at radius 3 is 2.68 bits per heavy atom. The summed E-state index contributed by atoms with van der Waals surface area (Å²) in [5.41, 5.74) is 1.65. The minimum atomic E-state index is -0.740. The van der Waals surface area contributed by atoms with Crippen LogP contribution in [0.15, 0.2) is 30.3 Å². The van der Waals surface area contributed by atoms with Crippen LogP contribution in [0.4, 0.5) is 0 Å². The lowest BCUT2D eigenvalue weighted by Gasteiger charge is -2.11. The largest absolute Gasteiger partial charge is 0.467 e. The molecule has 0 spiro atoms. The van der Waals surface area contributed by atoms with Gasteiger partial charge in [0.25, 0.3) is 5.91 Å². The first-order valence-electron chi connectivity index (χ1n) is 6.61. The minimum Gasteiger partial charge on any atom is -0.467 e. The lowest BCUT2D eigenvalue weighted by Crippen LogP contribution is -2.39. The van der Waals surface area contributed by atoms with Crippen LogP contribution < -0.4 is 5.32 Å². The van der Waals surface area contributed by atoms with Gasteiger partial charge in [-0.2, -0.15) is 5.10 Å². The highest BCUT2D eigenvalue weighted by atomic mass is 35.5. The van der Waals surface area contributed by atoms with E-state index < -0.39 is 17.9 Å². The zero-order valence-electron chi connectivity index (χ0n) is 12.5. The number of carbonyl (C=O) groups excluding carboxylic acids is 2. The maximum absolute atomic E-state index is 12.2. The van der Waals surface area contributed by atoms with Gasteiger partial charge in [0.2, 0.25) is 0 Å². The lowest BCUT2D eigenvalue weighted by atomic mass is 10.1. The molecule has 0 unspecified atom stereocenters. The van der Waals surface area contributed by atoms with Crippen LogP contribution in [-0.4, -0.2) is 34.8 Å². The number of carbonyl (C=O) groups is 2. The van der Waals surface area contributed by atoms with Gasteiger partial charge in [0.1, 0.15) is 11.7 Å². The van der Waals surface area contributed by atoms with Gasteiger partial charge in [-0.15, -0.1) is 0 Å². The van der Waals surface area contributed by atoms with Gasteiger partial charge < -0.3 is 10.1 Å². The van der Waals surface area contributed by atoms with Crippen LogP contribution in [0.25, 0.3) is 11.3 Å². The number of nitrogens with one attached hydrogen (secondary N) is 1. The number of esters is 1. The Hall–Kier alpha value is -2.34. The van der Waals surface area contributed by atoms with E-state index in [9.17, 15) is 9.59 Å². The number of nitrogens with zero attached hydrogens (tertiary/aromatic N) is 2. The summed E-state index contributed by atoms with van der Waals surface area (Å²) in [5.74, 6) is -0.923. The van der Waals surface area contributed by atoms with Crippen LogP contribution in [-0.2, 0) is 16.6 Å². The normalized spacial score (nSPS) is 11.8. The number of halogens is 1. The number of amides is 1. The van der Waals surface area contributed by atoms with Crippen LogP contribution in [0.5, 0.6) is 0 Å². The van der Waals surface area contributed by atoms with E-state index in [0.717, 1.165) is 5.56 Å². The molecule has 0 aliphatic carbocycles. The first-order valence-corrected chi connectivity index (χ1v) is 6.99. The second-order valence-corrected chi connectivity index (χ2v) is 5.14. The third kappa shape index (κ3) is 3.28. The van der Waals surface area contributed by atoms with Crippen molar-refractivity contribution in [3.8, 4) is 11.3 Å². The number of aromatic nitrogens is 2. The minimum absolute atomic E-state index is 0.325. The molecule has 0 radical (unpaired) electrons. The summed E-state index contributed by atoms with van der Waals surface area (Å²) in [4.78, 5) is 23.6. The molecule has 0 fully saturated rings. The summed E-state index contributed by atoms with van der Waals surface area (Å²) in [5, 5.41) is 7.40. The fourth-order valence-electron chi connectivity index (χ4n) is 1.99. The Morgan fingerprint density at radius 1 is 1.36 bits per heavy atom. The summed E-state index contributed by atoms with van der Waals surface area (Å²) >= 11 is 6.13. The Kier molecular flexibility index (Phi) is 4.82. The van der Waals surface area contributed by atoms with Crippen molar-refractivity contribution in [2.45, 2.75) is 13.0 Å². The SMILES string of the molecule is COC(=O)[C@@H](C)NC(=O)c1cc(-c2ccccc2Cl)nn1C. The number of ether oxygens (including phenoxy) is 1. The van der Waals surface area contributed by atoms with Gasteiger partial charge in [0, 0.05) is 12.6 Å². The molecule has 2 aromatic rings. The van der Waals surface area contributed by atoms with E-state index in [-0.39, 0.29) is 0 Å². The van der Waals surface area contributed by atoms with E-state index in [0.29, 0.717) is 16.4 Å². The molecule has 22 heavy (non-hydrogen) atoms. The molecule has 0 aliphatic rings. The molecule has 0 saturated heterocycles. The number of aryl methyl sites for hydroxylation is 1. The highest BCUT2D eigenvalue weighted by Gasteiger charge is 2.20. The molecule has 0 bridgehead atoms. The Bertz CT molecular complexity index is 712. The van der Waals surface area contributed by atoms with Crippen molar-refractivity contribution in [3.05, 3.63) is 41.0 Å². The van der Waals surface area contributed by atoms with Crippen LogP contribution in [0.3, 0.4) is 0 Å². The summed E-state index contributed by atoms with van der Waals surface area (Å²) in [7, 11) is 2.92. The van der Waals surface area contributed by atoms with E-state index >= 15 is 0 Å². The number of hydrogen-bond donors (Lipinski definition) is 1. The van der Waals surface area contributed by atoms with Crippen molar-refractivity contribution in [1.82, 2.24) is 15.1 Å². The van der Waals surface area contributed by atoms with Crippen molar-refractivity contribution >= 4 is 23.5 Å². The first kappa shape index (κ1) is 16.0. The Morgan fingerprint density at radius 2 is 2.05 bits per heavy atom. The monoisotopic (exact) mass is 321 g/mol. The quantitative estimate of drug-likeness (QED) is 0.875. The third-order valence-electron chi connectivity index (χ3n) is 3.16. The maximum Gasteiger partial charge on any atom is 0.328 e. The van der Waals surface area contributed by atoms with Crippen molar-refractivity contribution in [3.63, 3.8) is 0 Å². The molecule has 1 atom stereocenters. The van der Waals surface area contributed by atoms with Gasteiger partial charge in [-0.05, 0) is 19.1 Å². The fraction of sp³-hybridized carbons (Fsp3) is 0.267. The number of methoxy groups -OCH3 is 1. The molecule has 116 valence electrons. The number of benzene rings is 1. The molecule has 1 heterocycles. The molecule has 1 aromatic heterocycles. The van der Waals surface area contributed by atoms with Crippen LogP contribution >= 0.6 is 11.6 Å². The van der Waals surface area contributed by atoms with Gasteiger partial charge in [-0.1, -0.05) is 29.8 Å². The second-order valence-electron chi connectivity index (χ2n) is 4.74. The van der Waals surface area contributed by atoms with E-state index in [4.69, 9.17) is 11.6 Å². The molecule has 6 nitrogen and oxygen atoms in total. The topological polar surface area (TPSA) is 73.2 Å². The van der Waals surface area contributed by atoms with E-state index in [1.165, 1.54) is 11.8 Å². The van der Waals surface area contributed by atoms with Gasteiger partial charge in [0.05, 0.1) is 17.8 Å². The summed E-state index contributed by atoms with van der Waals surface area (Å²) in [6.07, 6.45) is 0. The average molecular weight is 322 g/mol. The standard InChI is InChI=1S/C15H16ClN3O3/c1-9(15(21)22-3)17-14(20)13-8-12(18-19(13)2)10-6-4-5-7-11(10)16/h4-9H,1-3H3,(H,17,20)/t9-/m1/s1. The lowest BCUT2D eigenvalue weighted by molar-refractivity contribution is -0.142. The van der Waals surface area contributed by atoms with Crippen molar-refractivity contribution < 1.29 is 14.3 Å². The summed E-state index contributed by atoms with van der Waals surface area (Å²) in [6.45, 7) is 1.55. The summed E-state index contributed by atoms with van der Waals surface area (Å²) in [6, 6.07) is 8.13. The average Bonchev–Trinajstić information content (AvgIpc) is 2.88. The van der Waals surface area contributed by atoms with Gasteiger partial charge >= 0.3 is 5.97 Å². The molecular formula is C15H16ClN3O3. The van der Waals surface area contributed by atoms with E-state index in [1.807, 2.05) is 18.2 Å². The predicted octanol–water partition coefficient (Wildman–Crippen LogP) is 2.03. The van der Waals surface area contributed by atoms with E-state index in [2.05, 4.69) is 15.2 Å². The fourth-order valence-corrected chi connectivity index (χ4v) is 2.22. The number of hydrogen-bond acceptors (Lipinski definition) is 4. The Balaban J connectivity index is 2.25. The number of rotatable bonds is 4. The molecular weight excluding hydrogens is 306 g/mol. The van der Waals surface area contributed by atoms with Crippen LogP contribution in [0.1, 0.15) is 17.4 Å². The van der Waals surface area contributed by atoms with Gasteiger partial charge in [-0.3, -0.25) is 9.48 Å². The zero-order chi connectivity index (χ0) is 16.3. The van der Waals surface area contributed by atoms with Crippen molar-refractivity contribution in [2.75, 3.05) is 7.11 Å². The molecule has 2 rings (SSSR count). The van der Waals surface area contributed by atoms with Crippen molar-refractivity contribution in [2.24, 2.45) is 7.05 Å². The molecule has 1 aromatic carbocycles. The van der Waals surface area contributed by atoms with Gasteiger partial charge in [-0.25, -0.2) is 4.79 Å². The molecule has 7 heteroatoms. The highest BCUT2D eigenvalue weighted by molar-refractivity contribution is 6.33. The second kappa shape index (κ2) is 6.62. The van der Waals surface area contributed by atoms with Gasteiger partial charge in [0.15, 0.2) is 0 Å². The van der Waals surface area contributed by atoms with Crippen LogP contribution in [0, 0.1) is 0 Å². The molecule has 0 aliphatic heterocycles. The Labute approximate surface area is 133 Å². The first-order chi connectivity index (χ1) is 10.4. The summed E-state index contributed by atoms with van der Waals surface area (Å²) < 4.78 is 6.02. The molecule has 0 saturated carbocycles.